The van der Waals surface area contributed by atoms with Crippen molar-refractivity contribution < 1.29 is 9.47 Å². The normalized spacial score (nSPS) is 30.5. The Bertz CT molecular complexity index is 417. The summed E-state index contributed by atoms with van der Waals surface area (Å²) in [5.41, 5.74) is 1.34. The van der Waals surface area contributed by atoms with Gasteiger partial charge in [0, 0.05) is 12.1 Å². The minimum atomic E-state index is 0.416. The topological polar surface area (TPSA) is 30.5 Å². The van der Waals surface area contributed by atoms with Crippen molar-refractivity contribution in [3.8, 4) is 5.75 Å². The van der Waals surface area contributed by atoms with E-state index in [0.717, 1.165) is 12.2 Å². The van der Waals surface area contributed by atoms with Crippen LogP contribution in [-0.4, -0.2) is 25.4 Å². The van der Waals surface area contributed by atoms with Gasteiger partial charge < -0.3 is 14.8 Å². The highest BCUT2D eigenvalue weighted by Crippen LogP contribution is 2.35. The van der Waals surface area contributed by atoms with E-state index in [0.29, 0.717) is 24.3 Å². The van der Waals surface area contributed by atoms with E-state index >= 15 is 0 Å². The molecule has 1 aromatic rings. The van der Waals surface area contributed by atoms with E-state index in [1.807, 2.05) is 12.1 Å². The van der Waals surface area contributed by atoms with Crippen molar-refractivity contribution in [2.75, 3.05) is 7.11 Å². The third-order valence-electron chi connectivity index (χ3n) is 4.45. The number of nitrogens with one attached hydrogen (secondary N) is 1. The summed E-state index contributed by atoms with van der Waals surface area (Å²) in [7, 11) is 1.71. The van der Waals surface area contributed by atoms with Gasteiger partial charge in [0.15, 0.2) is 0 Å². The first-order chi connectivity index (χ1) is 9.30. The summed E-state index contributed by atoms with van der Waals surface area (Å²) in [6, 6.07) is 9.35. The van der Waals surface area contributed by atoms with Gasteiger partial charge >= 0.3 is 0 Å². The van der Waals surface area contributed by atoms with Crippen molar-refractivity contribution in [1.29, 1.82) is 0 Å². The van der Waals surface area contributed by atoms with Crippen LogP contribution < -0.4 is 10.1 Å². The van der Waals surface area contributed by atoms with Crippen molar-refractivity contribution in [2.45, 2.75) is 56.9 Å². The highest BCUT2D eigenvalue weighted by molar-refractivity contribution is 5.29. The molecule has 2 fully saturated rings. The largest absolute Gasteiger partial charge is 0.497 e. The fourth-order valence-corrected chi connectivity index (χ4v) is 3.36. The predicted octanol–water partition coefficient (Wildman–Crippen LogP) is 3.06. The average Bonchev–Trinajstić information content (AvgIpc) is 3.07. The zero-order chi connectivity index (χ0) is 13.2. The Morgan fingerprint density at radius 1 is 1.32 bits per heavy atom. The van der Waals surface area contributed by atoms with Gasteiger partial charge in [0.1, 0.15) is 5.75 Å². The number of hydrogen-bond donors (Lipinski definition) is 1. The molecule has 0 amide bonds. The van der Waals surface area contributed by atoms with Crippen LogP contribution in [0.15, 0.2) is 24.3 Å². The summed E-state index contributed by atoms with van der Waals surface area (Å²) in [6.07, 6.45) is 5.70. The van der Waals surface area contributed by atoms with Crippen molar-refractivity contribution >= 4 is 0 Å². The van der Waals surface area contributed by atoms with Gasteiger partial charge in [0.2, 0.25) is 0 Å². The number of methoxy groups -OCH3 is 1. The highest BCUT2D eigenvalue weighted by Gasteiger charge is 2.41. The Hall–Kier alpha value is -1.06. The first kappa shape index (κ1) is 12.9. The van der Waals surface area contributed by atoms with E-state index in [1.165, 1.54) is 24.8 Å². The number of rotatable bonds is 5. The van der Waals surface area contributed by atoms with Crippen LogP contribution in [0, 0.1) is 0 Å². The number of hydrogen-bond acceptors (Lipinski definition) is 3. The molecule has 0 saturated carbocycles. The second kappa shape index (κ2) is 5.51. The zero-order valence-electron chi connectivity index (χ0n) is 11.8. The van der Waals surface area contributed by atoms with Crippen LogP contribution in [0.1, 0.15) is 44.2 Å². The monoisotopic (exact) mass is 261 g/mol. The summed E-state index contributed by atoms with van der Waals surface area (Å²) < 4.78 is 11.1. The van der Waals surface area contributed by atoms with Crippen LogP contribution in [0.5, 0.6) is 5.75 Å². The lowest BCUT2D eigenvalue weighted by atomic mass is 9.93. The SMILES string of the molecule is CCC(NC1CC2CCC1O2)c1ccc(OC)cc1. The van der Waals surface area contributed by atoms with E-state index < -0.39 is 0 Å². The Kier molecular flexibility index (Phi) is 3.76. The van der Waals surface area contributed by atoms with Crippen LogP contribution in [0.25, 0.3) is 0 Å². The van der Waals surface area contributed by atoms with Gasteiger partial charge in [-0.15, -0.1) is 0 Å². The molecule has 0 spiro atoms. The van der Waals surface area contributed by atoms with Crippen LogP contribution in [0.4, 0.5) is 0 Å². The summed E-state index contributed by atoms with van der Waals surface area (Å²) in [5.74, 6) is 0.918. The van der Waals surface area contributed by atoms with Gasteiger partial charge in [0.25, 0.3) is 0 Å². The smallest absolute Gasteiger partial charge is 0.118 e. The summed E-state index contributed by atoms with van der Waals surface area (Å²) in [6.45, 7) is 2.23. The second-order valence-corrected chi connectivity index (χ2v) is 5.62. The number of fused-ring (bicyclic) bond motifs is 2. The molecule has 3 nitrogen and oxygen atoms in total. The molecule has 2 bridgehead atoms. The molecule has 2 aliphatic rings. The van der Waals surface area contributed by atoms with Crippen molar-refractivity contribution in [2.24, 2.45) is 0 Å². The lowest BCUT2D eigenvalue weighted by Gasteiger charge is -2.26. The Morgan fingerprint density at radius 3 is 2.63 bits per heavy atom. The molecule has 0 aliphatic carbocycles. The molecule has 3 heteroatoms. The summed E-state index contributed by atoms with van der Waals surface area (Å²) in [5, 5.41) is 3.78. The Labute approximate surface area is 115 Å². The van der Waals surface area contributed by atoms with Gasteiger partial charge in [-0.1, -0.05) is 19.1 Å². The van der Waals surface area contributed by atoms with Crippen LogP contribution >= 0.6 is 0 Å². The molecular formula is C16H23NO2. The van der Waals surface area contributed by atoms with Gasteiger partial charge in [-0.2, -0.15) is 0 Å². The molecule has 1 N–H and O–H groups in total. The quantitative estimate of drug-likeness (QED) is 0.883. The Morgan fingerprint density at radius 2 is 2.11 bits per heavy atom. The van der Waals surface area contributed by atoms with Gasteiger partial charge in [-0.25, -0.2) is 0 Å². The second-order valence-electron chi connectivity index (χ2n) is 5.62. The van der Waals surface area contributed by atoms with Gasteiger partial charge in [0.05, 0.1) is 19.3 Å². The van der Waals surface area contributed by atoms with E-state index in [-0.39, 0.29) is 0 Å². The number of ether oxygens (including phenoxy) is 2. The van der Waals surface area contributed by atoms with E-state index in [9.17, 15) is 0 Å². The fraction of sp³-hybridized carbons (Fsp3) is 0.625. The maximum absolute atomic E-state index is 5.92. The summed E-state index contributed by atoms with van der Waals surface area (Å²) in [4.78, 5) is 0. The van der Waals surface area contributed by atoms with Crippen LogP contribution in [0.3, 0.4) is 0 Å². The molecule has 2 aliphatic heterocycles. The molecule has 0 aromatic heterocycles. The predicted molar refractivity (Wildman–Crippen MR) is 75.5 cm³/mol. The zero-order valence-corrected chi connectivity index (χ0v) is 11.8. The third-order valence-corrected chi connectivity index (χ3v) is 4.45. The fourth-order valence-electron chi connectivity index (χ4n) is 3.36. The molecule has 4 atom stereocenters. The molecular weight excluding hydrogens is 238 g/mol. The van der Waals surface area contributed by atoms with E-state index in [2.05, 4.69) is 24.4 Å². The van der Waals surface area contributed by atoms with Crippen molar-refractivity contribution in [1.82, 2.24) is 5.32 Å². The number of benzene rings is 1. The minimum absolute atomic E-state index is 0.416. The van der Waals surface area contributed by atoms with E-state index in [1.54, 1.807) is 7.11 Å². The molecule has 1 aromatic carbocycles. The molecule has 19 heavy (non-hydrogen) atoms. The highest BCUT2D eigenvalue weighted by atomic mass is 16.5. The lowest BCUT2D eigenvalue weighted by molar-refractivity contribution is 0.0959. The molecule has 0 radical (unpaired) electrons. The van der Waals surface area contributed by atoms with Gasteiger partial charge in [-0.05, 0) is 43.4 Å². The average molecular weight is 261 g/mol. The molecule has 2 saturated heterocycles. The minimum Gasteiger partial charge on any atom is -0.497 e. The maximum atomic E-state index is 5.92. The Balaban J connectivity index is 1.66. The molecule has 2 heterocycles. The van der Waals surface area contributed by atoms with Crippen LogP contribution in [-0.2, 0) is 4.74 Å². The van der Waals surface area contributed by atoms with Crippen molar-refractivity contribution in [3.63, 3.8) is 0 Å². The first-order valence-electron chi connectivity index (χ1n) is 7.35. The molecule has 3 rings (SSSR count). The standard InChI is InChI=1S/C16H23NO2/c1-3-14(11-4-6-12(18-2)7-5-11)17-15-10-13-8-9-16(15)19-13/h4-7,13-17H,3,8-10H2,1-2H3. The van der Waals surface area contributed by atoms with Crippen molar-refractivity contribution in [3.05, 3.63) is 29.8 Å². The van der Waals surface area contributed by atoms with E-state index in [4.69, 9.17) is 9.47 Å². The lowest BCUT2D eigenvalue weighted by Crippen LogP contribution is -2.39. The molecule has 4 unspecified atom stereocenters. The molecule has 104 valence electrons. The van der Waals surface area contributed by atoms with Gasteiger partial charge in [-0.3, -0.25) is 0 Å². The maximum Gasteiger partial charge on any atom is 0.118 e. The van der Waals surface area contributed by atoms with Crippen LogP contribution in [0.2, 0.25) is 0 Å². The summed E-state index contributed by atoms with van der Waals surface area (Å²) >= 11 is 0. The first-order valence-corrected chi connectivity index (χ1v) is 7.35. The third kappa shape index (κ3) is 2.63.